The number of carbonyl (C=O) groups is 1. The molecule has 0 saturated carbocycles. The molecule has 24 heavy (non-hydrogen) atoms. The van der Waals surface area contributed by atoms with Crippen LogP contribution in [0.3, 0.4) is 0 Å². The molecule has 0 saturated heterocycles. The molecular formula is C14H13ClFIN4O3. The number of aromatic nitrogens is 2. The smallest absolute Gasteiger partial charge is 0.272 e. The summed E-state index contributed by atoms with van der Waals surface area (Å²) in [6.45, 7) is -0.669. The maximum atomic E-state index is 14.0. The highest BCUT2D eigenvalue weighted by Crippen LogP contribution is 2.24. The number of carbonyl (C=O) groups excluding carboxylic acids is 1. The SMILES string of the molecule is O=C(NC[C@H](O)CO)c1nc(Cl)ncc1Nc1ccc(I)cc1F. The third kappa shape index (κ3) is 4.97. The molecule has 0 radical (unpaired) electrons. The third-order valence-electron chi connectivity index (χ3n) is 2.88. The zero-order valence-electron chi connectivity index (χ0n) is 12.1. The number of nitrogens with zero attached hydrogens (tertiary/aromatic N) is 2. The molecule has 1 heterocycles. The van der Waals surface area contributed by atoms with E-state index >= 15 is 0 Å². The van der Waals surface area contributed by atoms with E-state index in [2.05, 4.69) is 20.6 Å². The van der Waals surface area contributed by atoms with Gasteiger partial charge in [-0.1, -0.05) is 0 Å². The van der Waals surface area contributed by atoms with Gasteiger partial charge >= 0.3 is 0 Å². The summed E-state index contributed by atoms with van der Waals surface area (Å²) in [6, 6.07) is 4.54. The Kier molecular flexibility index (Phi) is 6.66. The summed E-state index contributed by atoms with van der Waals surface area (Å²) in [5.74, 6) is -1.15. The molecule has 128 valence electrons. The molecule has 0 spiro atoms. The van der Waals surface area contributed by atoms with Gasteiger partial charge < -0.3 is 20.8 Å². The van der Waals surface area contributed by atoms with E-state index in [1.54, 1.807) is 6.07 Å². The Morgan fingerprint density at radius 1 is 1.42 bits per heavy atom. The second-order valence-corrected chi connectivity index (χ2v) is 6.28. The van der Waals surface area contributed by atoms with Crippen LogP contribution in [0.5, 0.6) is 0 Å². The zero-order valence-corrected chi connectivity index (χ0v) is 15.0. The molecule has 1 atom stereocenters. The first-order valence-electron chi connectivity index (χ1n) is 6.72. The van der Waals surface area contributed by atoms with Crippen molar-refractivity contribution in [2.45, 2.75) is 6.10 Å². The van der Waals surface area contributed by atoms with Crippen LogP contribution in [0.15, 0.2) is 24.4 Å². The highest BCUT2D eigenvalue weighted by molar-refractivity contribution is 14.1. The summed E-state index contributed by atoms with van der Waals surface area (Å²) < 4.78 is 14.7. The lowest BCUT2D eigenvalue weighted by Gasteiger charge is -2.13. The molecule has 0 aliphatic rings. The molecule has 2 rings (SSSR count). The van der Waals surface area contributed by atoms with Crippen molar-refractivity contribution in [3.8, 4) is 0 Å². The minimum Gasteiger partial charge on any atom is -0.394 e. The Morgan fingerprint density at radius 3 is 2.83 bits per heavy atom. The molecule has 1 aromatic carbocycles. The second kappa shape index (κ2) is 8.51. The van der Waals surface area contributed by atoms with Crippen molar-refractivity contribution in [1.29, 1.82) is 0 Å². The Balaban J connectivity index is 2.25. The highest BCUT2D eigenvalue weighted by atomic mass is 127. The fourth-order valence-corrected chi connectivity index (χ4v) is 2.31. The lowest BCUT2D eigenvalue weighted by atomic mass is 10.2. The van der Waals surface area contributed by atoms with E-state index in [4.69, 9.17) is 16.7 Å². The first-order valence-corrected chi connectivity index (χ1v) is 8.18. The van der Waals surface area contributed by atoms with Crippen LogP contribution in [-0.4, -0.2) is 45.3 Å². The van der Waals surface area contributed by atoms with Crippen LogP contribution < -0.4 is 10.6 Å². The Bertz CT molecular complexity index is 750. The van der Waals surface area contributed by atoms with Crippen LogP contribution in [0.2, 0.25) is 5.28 Å². The maximum absolute atomic E-state index is 14.0. The van der Waals surface area contributed by atoms with Crippen molar-refractivity contribution in [2.24, 2.45) is 0 Å². The first-order chi connectivity index (χ1) is 11.4. The molecule has 0 unspecified atom stereocenters. The molecule has 10 heteroatoms. The molecule has 0 fully saturated rings. The van der Waals surface area contributed by atoms with Crippen molar-refractivity contribution in [3.05, 3.63) is 44.8 Å². The van der Waals surface area contributed by atoms with Gasteiger partial charge in [0.1, 0.15) is 5.82 Å². The van der Waals surface area contributed by atoms with E-state index < -0.39 is 24.4 Å². The van der Waals surface area contributed by atoms with Crippen LogP contribution in [0.1, 0.15) is 10.5 Å². The van der Waals surface area contributed by atoms with E-state index in [0.29, 0.717) is 0 Å². The van der Waals surface area contributed by atoms with Crippen molar-refractivity contribution in [2.75, 3.05) is 18.5 Å². The number of hydrogen-bond donors (Lipinski definition) is 4. The average Bonchev–Trinajstić information content (AvgIpc) is 2.56. The Hall–Kier alpha value is -1.56. The highest BCUT2D eigenvalue weighted by Gasteiger charge is 2.17. The van der Waals surface area contributed by atoms with Crippen molar-refractivity contribution in [1.82, 2.24) is 15.3 Å². The zero-order chi connectivity index (χ0) is 17.7. The molecule has 0 aliphatic carbocycles. The number of hydrogen-bond acceptors (Lipinski definition) is 6. The van der Waals surface area contributed by atoms with E-state index in [1.807, 2.05) is 22.6 Å². The lowest BCUT2D eigenvalue weighted by Crippen LogP contribution is -2.34. The van der Waals surface area contributed by atoms with Crippen LogP contribution in [0.4, 0.5) is 15.8 Å². The molecule has 7 nitrogen and oxygen atoms in total. The van der Waals surface area contributed by atoms with Crippen molar-refractivity contribution < 1.29 is 19.4 Å². The number of halogens is 3. The third-order valence-corrected chi connectivity index (χ3v) is 3.74. The molecule has 4 N–H and O–H groups in total. The normalized spacial score (nSPS) is 11.9. The van der Waals surface area contributed by atoms with Crippen molar-refractivity contribution >= 4 is 51.5 Å². The fraction of sp³-hybridized carbons (Fsp3) is 0.214. The van der Waals surface area contributed by atoms with Gasteiger partial charge in [-0.3, -0.25) is 4.79 Å². The average molecular weight is 467 g/mol. The van der Waals surface area contributed by atoms with E-state index in [1.165, 1.54) is 18.3 Å². The van der Waals surface area contributed by atoms with Crippen LogP contribution in [0, 0.1) is 9.39 Å². The number of rotatable bonds is 6. The van der Waals surface area contributed by atoms with Gasteiger partial charge in [0, 0.05) is 10.1 Å². The minimum atomic E-state index is -1.10. The molecule has 0 aliphatic heterocycles. The number of benzene rings is 1. The van der Waals surface area contributed by atoms with Gasteiger partial charge in [-0.05, 0) is 52.4 Å². The topological polar surface area (TPSA) is 107 Å². The van der Waals surface area contributed by atoms with Crippen LogP contribution in [-0.2, 0) is 0 Å². The standard InChI is InChI=1S/C14H13ClFIN4O3/c15-14-19-5-11(20-10-2-1-7(17)3-9(10)16)12(21-14)13(24)18-4-8(23)6-22/h1-3,5,8,20,22-23H,4,6H2,(H,18,24)/t8-/m0/s1. The summed E-state index contributed by atoms with van der Waals surface area (Å²) >= 11 is 7.69. The van der Waals surface area contributed by atoms with E-state index in [-0.39, 0.29) is 28.9 Å². The largest absolute Gasteiger partial charge is 0.394 e. The van der Waals surface area contributed by atoms with Crippen LogP contribution in [0.25, 0.3) is 0 Å². The second-order valence-electron chi connectivity index (χ2n) is 4.70. The molecular weight excluding hydrogens is 454 g/mol. The van der Waals surface area contributed by atoms with Gasteiger partial charge in [0.25, 0.3) is 5.91 Å². The fourth-order valence-electron chi connectivity index (χ4n) is 1.72. The quantitative estimate of drug-likeness (QED) is 0.381. The molecule has 1 amide bonds. The van der Waals surface area contributed by atoms with Gasteiger partial charge in [-0.15, -0.1) is 0 Å². The molecule has 0 bridgehead atoms. The number of aliphatic hydroxyl groups is 2. The summed E-state index contributed by atoms with van der Waals surface area (Å²) in [5, 5.41) is 23.0. The Morgan fingerprint density at radius 2 is 2.17 bits per heavy atom. The summed E-state index contributed by atoms with van der Waals surface area (Å²) in [5.41, 5.74) is 0.180. The van der Waals surface area contributed by atoms with E-state index in [9.17, 15) is 14.3 Å². The van der Waals surface area contributed by atoms with Crippen LogP contribution >= 0.6 is 34.2 Å². The summed E-state index contributed by atoms with van der Waals surface area (Å²) in [7, 11) is 0. The number of amides is 1. The summed E-state index contributed by atoms with van der Waals surface area (Å²) in [4.78, 5) is 19.8. The van der Waals surface area contributed by atoms with Gasteiger partial charge in [-0.25, -0.2) is 14.4 Å². The number of anilines is 2. The Labute approximate surface area is 155 Å². The van der Waals surface area contributed by atoms with Gasteiger partial charge in [-0.2, -0.15) is 0 Å². The number of nitrogens with one attached hydrogen (secondary N) is 2. The molecule has 1 aromatic heterocycles. The first kappa shape index (κ1) is 18.8. The van der Waals surface area contributed by atoms with Crippen molar-refractivity contribution in [3.63, 3.8) is 0 Å². The summed E-state index contributed by atoms with van der Waals surface area (Å²) in [6.07, 6.45) is 0.153. The predicted molar refractivity (Wildman–Crippen MR) is 94.9 cm³/mol. The lowest BCUT2D eigenvalue weighted by molar-refractivity contribution is 0.0799. The molecule has 2 aromatic rings. The maximum Gasteiger partial charge on any atom is 0.272 e. The van der Waals surface area contributed by atoms with E-state index in [0.717, 1.165) is 3.57 Å². The predicted octanol–water partition coefficient (Wildman–Crippen LogP) is 1.70. The van der Waals surface area contributed by atoms with Gasteiger partial charge in [0.15, 0.2) is 5.69 Å². The monoisotopic (exact) mass is 466 g/mol. The number of aliphatic hydroxyl groups excluding tert-OH is 2. The van der Waals surface area contributed by atoms with Gasteiger partial charge in [0.2, 0.25) is 5.28 Å². The van der Waals surface area contributed by atoms with Gasteiger partial charge in [0.05, 0.1) is 30.3 Å². The minimum absolute atomic E-state index is 0.113.